The van der Waals surface area contributed by atoms with E-state index in [1.807, 2.05) is 6.07 Å². The lowest BCUT2D eigenvalue weighted by molar-refractivity contribution is 0.368. The molecule has 2 atom stereocenters. The van der Waals surface area contributed by atoms with Gasteiger partial charge in [0.15, 0.2) is 0 Å². The highest BCUT2D eigenvalue weighted by molar-refractivity contribution is 14.1. The standard InChI is InChI=1S/C15H22FIN2/c1-3-7-18-13-6-8-19(11(2)9-13)15-5-4-12(16)10-14(15)17/h4-5,10-11,13,18H,3,6-9H2,1-2H3. The predicted molar refractivity (Wildman–Crippen MR) is 87.2 cm³/mol. The maximum absolute atomic E-state index is 13.2. The van der Waals surface area contributed by atoms with Crippen LogP contribution in [0.1, 0.15) is 33.1 Å². The molecule has 1 N–H and O–H groups in total. The topological polar surface area (TPSA) is 15.3 Å². The van der Waals surface area contributed by atoms with Gasteiger partial charge in [-0.3, -0.25) is 0 Å². The van der Waals surface area contributed by atoms with Crippen molar-refractivity contribution in [2.45, 2.75) is 45.2 Å². The van der Waals surface area contributed by atoms with Gasteiger partial charge in [0.2, 0.25) is 0 Å². The molecule has 1 heterocycles. The molecule has 2 nitrogen and oxygen atoms in total. The molecule has 19 heavy (non-hydrogen) atoms. The minimum absolute atomic E-state index is 0.152. The number of piperidine rings is 1. The van der Waals surface area contributed by atoms with Gasteiger partial charge in [-0.05, 0) is 73.5 Å². The van der Waals surface area contributed by atoms with Crippen molar-refractivity contribution in [2.75, 3.05) is 18.0 Å². The molecule has 1 aliphatic heterocycles. The number of hydrogen-bond donors (Lipinski definition) is 1. The molecule has 1 fully saturated rings. The number of anilines is 1. The maximum atomic E-state index is 13.2. The summed E-state index contributed by atoms with van der Waals surface area (Å²) in [6.45, 7) is 6.61. The summed E-state index contributed by atoms with van der Waals surface area (Å²) in [6.07, 6.45) is 3.51. The molecular weight excluding hydrogens is 354 g/mol. The summed E-state index contributed by atoms with van der Waals surface area (Å²) in [6, 6.07) is 6.22. The molecule has 0 radical (unpaired) electrons. The van der Waals surface area contributed by atoms with Crippen LogP contribution in [0.3, 0.4) is 0 Å². The van der Waals surface area contributed by atoms with Gasteiger partial charge in [0.25, 0.3) is 0 Å². The van der Waals surface area contributed by atoms with Gasteiger partial charge in [0, 0.05) is 22.2 Å². The number of benzene rings is 1. The third-order valence-corrected chi connectivity index (χ3v) is 4.64. The zero-order chi connectivity index (χ0) is 13.8. The first kappa shape index (κ1) is 15.0. The Morgan fingerprint density at radius 1 is 1.47 bits per heavy atom. The number of hydrogen-bond acceptors (Lipinski definition) is 2. The van der Waals surface area contributed by atoms with Gasteiger partial charge >= 0.3 is 0 Å². The highest BCUT2D eigenvalue weighted by Crippen LogP contribution is 2.29. The molecule has 1 aromatic carbocycles. The molecule has 0 aromatic heterocycles. The fourth-order valence-electron chi connectivity index (χ4n) is 2.78. The van der Waals surface area contributed by atoms with E-state index in [1.54, 1.807) is 12.1 Å². The Hall–Kier alpha value is -0.360. The summed E-state index contributed by atoms with van der Waals surface area (Å²) in [5.41, 5.74) is 1.17. The summed E-state index contributed by atoms with van der Waals surface area (Å²) in [7, 11) is 0. The highest BCUT2D eigenvalue weighted by Gasteiger charge is 2.26. The Bertz CT molecular complexity index is 425. The van der Waals surface area contributed by atoms with Crippen LogP contribution in [-0.2, 0) is 0 Å². The largest absolute Gasteiger partial charge is 0.368 e. The van der Waals surface area contributed by atoms with Crippen molar-refractivity contribution in [3.63, 3.8) is 0 Å². The monoisotopic (exact) mass is 376 g/mol. The SMILES string of the molecule is CCCNC1CCN(c2ccc(F)cc2I)C(C)C1. The minimum atomic E-state index is -0.152. The lowest BCUT2D eigenvalue weighted by Crippen LogP contribution is -2.48. The van der Waals surface area contributed by atoms with Crippen molar-refractivity contribution in [2.24, 2.45) is 0 Å². The molecule has 1 aromatic rings. The van der Waals surface area contributed by atoms with E-state index in [2.05, 4.69) is 46.7 Å². The third kappa shape index (κ3) is 3.81. The summed E-state index contributed by atoms with van der Waals surface area (Å²) in [5.74, 6) is -0.152. The third-order valence-electron chi connectivity index (χ3n) is 3.78. The number of nitrogens with zero attached hydrogens (tertiary/aromatic N) is 1. The molecule has 0 spiro atoms. The van der Waals surface area contributed by atoms with Crippen LogP contribution >= 0.6 is 22.6 Å². The van der Waals surface area contributed by atoms with Crippen LogP contribution in [0.2, 0.25) is 0 Å². The second-order valence-corrected chi connectivity index (χ2v) is 6.48. The molecular formula is C15H22FIN2. The van der Waals surface area contributed by atoms with Crippen molar-refractivity contribution in [1.29, 1.82) is 0 Å². The smallest absolute Gasteiger partial charge is 0.124 e. The lowest BCUT2D eigenvalue weighted by atomic mass is 9.97. The van der Waals surface area contributed by atoms with Crippen molar-refractivity contribution >= 4 is 28.3 Å². The van der Waals surface area contributed by atoms with Crippen LogP contribution in [0.4, 0.5) is 10.1 Å². The Labute approximate surface area is 128 Å². The van der Waals surface area contributed by atoms with E-state index in [-0.39, 0.29) is 5.82 Å². The zero-order valence-corrected chi connectivity index (χ0v) is 13.8. The molecule has 1 aliphatic rings. The Morgan fingerprint density at radius 3 is 2.89 bits per heavy atom. The highest BCUT2D eigenvalue weighted by atomic mass is 127. The molecule has 2 rings (SSSR count). The number of halogens is 2. The van der Waals surface area contributed by atoms with E-state index in [1.165, 1.54) is 12.1 Å². The van der Waals surface area contributed by atoms with Crippen LogP contribution in [-0.4, -0.2) is 25.2 Å². The van der Waals surface area contributed by atoms with Gasteiger partial charge in [-0.1, -0.05) is 6.92 Å². The van der Waals surface area contributed by atoms with Crippen molar-refractivity contribution in [3.05, 3.63) is 27.6 Å². The molecule has 4 heteroatoms. The molecule has 0 aliphatic carbocycles. The fraction of sp³-hybridized carbons (Fsp3) is 0.600. The van der Waals surface area contributed by atoms with Gasteiger partial charge in [-0.2, -0.15) is 0 Å². The maximum Gasteiger partial charge on any atom is 0.124 e. The van der Waals surface area contributed by atoms with Crippen LogP contribution < -0.4 is 10.2 Å². The fourth-order valence-corrected chi connectivity index (χ4v) is 3.57. The van der Waals surface area contributed by atoms with Crippen LogP contribution in [0.25, 0.3) is 0 Å². The summed E-state index contributed by atoms with van der Waals surface area (Å²) in [4.78, 5) is 2.41. The Kier molecular flexibility index (Phi) is 5.45. The molecule has 2 unspecified atom stereocenters. The van der Waals surface area contributed by atoms with E-state index in [0.717, 1.165) is 29.5 Å². The summed E-state index contributed by atoms with van der Waals surface area (Å²) >= 11 is 2.23. The van der Waals surface area contributed by atoms with Crippen LogP contribution in [0.5, 0.6) is 0 Å². The summed E-state index contributed by atoms with van der Waals surface area (Å²) in [5, 5.41) is 3.61. The van der Waals surface area contributed by atoms with Crippen molar-refractivity contribution in [3.8, 4) is 0 Å². The lowest BCUT2D eigenvalue weighted by Gasteiger charge is -2.40. The predicted octanol–water partition coefficient (Wildman–Crippen LogP) is 3.79. The Morgan fingerprint density at radius 2 is 2.26 bits per heavy atom. The first-order chi connectivity index (χ1) is 9.11. The van der Waals surface area contributed by atoms with E-state index >= 15 is 0 Å². The molecule has 1 saturated heterocycles. The second-order valence-electron chi connectivity index (χ2n) is 5.31. The Balaban J connectivity index is 2.03. The normalized spacial score (nSPS) is 23.7. The van der Waals surface area contributed by atoms with Gasteiger partial charge in [0.05, 0.1) is 5.69 Å². The van der Waals surface area contributed by atoms with Gasteiger partial charge in [-0.15, -0.1) is 0 Å². The van der Waals surface area contributed by atoms with Crippen molar-refractivity contribution < 1.29 is 4.39 Å². The van der Waals surface area contributed by atoms with E-state index in [9.17, 15) is 4.39 Å². The van der Waals surface area contributed by atoms with Gasteiger partial charge < -0.3 is 10.2 Å². The average Bonchev–Trinajstić information content (AvgIpc) is 2.37. The first-order valence-corrected chi connectivity index (χ1v) is 8.14. The quantitative estimate of drug-likeness (QED) is 0.805. The van der Waals surface area contributed by atoms with Crippen LogP contribution in [0, 0.1) is 9.39 Å². The average molecular weight is 376 g/mol. The van der Waals surface area contributed by atoms with Crippen molar-refractivity contribution in [1.82, 2.24) is 5.32 Å². The molecule has 106 valence electrons. The molecule has 0 saturated carbocycles. The number of rotatable bonds is 4. The van der Waals surface area contributed by atoms with Crippen LogP contribution in [0.15, 0.2) is 18.2 Å². The molecule has 0 amide bonds. The summed E-state index contributed by atoms with van der Waals surface area (Å²) < 4.78 is 14.2. The first-order valence-electron chi connectivity index (χ1n) is 7.07. The van der Waals surface area contributed by atoms with E-state index in [4.69, 9.17) is 0 Å². The second kappa shape index (κ2) is 6.88. The van der Waals surface area contributed by atoms with E-state index in [0.29, 0.717) is 12.1 Å². The molecule has 0 bridgehead atoms. The van der Waals surface area contributed by atoms with E-state index < -0.39 is 0 Å². The number of nitrogens with one attached hydrogen (secondary N) is 1. The zero-order valence-electron chi connectivity index (χ0n) is 11.6. The van der Waals surface area contributed by atoms with Gasteiger partial charge in [0.1, 0.15) is 5.82 Å². The minimum Gasteiger partial charge on any atom is -0.368 e. The van der Waals surface area contributed by atoms with Gasteiger partial charge in [-0.25, -0.2) is 4.39 Å².